The summed E-state index contributed by atoms with van der Waals surface area (Å²) in [6.07, 6.45) is 0.224. The predicted octanol–water partition coefficient (Wildman–Crippen LogP) is 3.65. The van der Waals surface area contributed by atoms with Gasteiger partial charge in [-0.3, -0.25) is 9.59 Å². The summed E-state index contributed by atoms with van der Waals surface area (Å²) in [5, 5.41) is 2.86. The van der Waals surface area contributed by atoms with Crippen molar-refractivity contribution in [3.63, 3.8) is 0 Å². The van der Waals surface area contributed by atoms with Crippen molar-refractivity contribution in [3.05, 3.63) is 48.0 Å². The molecule has 0 atom stereocenters. The maximum atomic E-state index is 12.3. The van der Waals surface area contributed by atoms with E-state index in [2.05, 4.69) is 5.32 Å². The molecule has 0 aliphatic rings. The topological polar surface area (TPSA) is 67.9 Å². The average molecular weight is 370 g/mol. The molecule has 1 N–H and O–H groups in total. The zero-order valence-corrected chi connectivity index (χ0v) is 16.2. The highest BCUT2D eigenvalue weighted by Gasteiger charge is 2.10. The minimum atomic E-state index is -0.130. The monoisotopic (exact) mass is 370 g/mol. The summed E-state index contributed by atoms with van der Waals surface area (Å²) >= 11 is 0. The number of anilines is 2. The molecule has 2 rings (SSSR count). The molecule has 0 aliphatic carbocycles. The number of carbonyl (C=O) groups is 2. The Balaban J connectivity index is 2.02. The van der Waals surface area contributed by atoms with Gasteiger partial charge >= 0.3 is 0 Å². The maximum Gasteiger partial charge on any atom is 0.228 e. The zero-order valence-electron chi connectivity index (χ0n) is 16.2. The molecule has 2 aromatic carbocycles. The van der Waals surface area contributed by atoms with Crippen molar-refractivity contribution in [3.8, 4) is 11.5 Å². The van der Waals surface area contributed by atoms with Crippen LogP contribution < -0.4 is 19.7 Å². The summed E-state index contributed by atoms with van der Waals surface area (Å²) in [4.78, 5) is 25.3. The minimum absolute atomic E-state index is 0.0487. The molecule has 0 aromatic heterocycles. The Morgan fingerprint density at radius 2 is 1.59 bits per heavy atom. The van der Waals surface area contributed by atoms with Gasteiger partial charge < -0.3 is 19.7 Å². The number of hydrogen-bond acceptors (Lipinski definition) is 4. The van der Waals surface area contributed by atoms with Crippen molar-refractivity contribution in [2.75, 3.05) is 30.5 Å². The highest BCUT2D eigenvalue weighted by molar-refractivity contribution is 5.94. The molecule has 6 heteroatoms. The third-order valence-corrected chi connectivity index (χ3v) is 3.98. The van der Waals surface area contributed by atoms with Crippen LogP contribution in [0.15, 0.2) is 42.5 Å². The molecular formula is C21H26N2O4. The van der Waals surface area contributed by atoms with Crippen molar-refractivity contribution in [2.24, 2.45) is 0 Å². The number of carbonyl (C=O) groups excluding carboxylic acids is 2. The lowest BCUT2D eigenvalue weighted by atomic mass is 10.1. The summed E-state index contributed by atoms with van der Waals surface area (Å²) < 4.78 is 11.1. The van der Waals surface area contributed by atoms with Gasteiger partial charge in [0, 0.05) is 25.3 Å². The van der Waals surface area contributed by atoms with Gasteiger partial charge in [-0.25, -0.2) is 0 Å². The minimum Gasteiger partial charge on any atom is -0.490 e. The molecule has 0 bridgehead atoms. The van der Waals surface area contributed by atoms with Crippen LogP contribution in [0.5, 0.6) is 11.5 Å². The Kier molecular flexibility index (Phi) is 7.23. The first kappa shape index (κ1) is 20.3. The fourth-order valence-corrected chi connectivity index (χ4v) is 2.55. The Hall–Kier alpha value is -3.02. The Morgan fingerprint density at radius 3 is 2.19 bits per heavy atom. The molecule has 2 amide bonds. The molecule has 0 heterocycles. The van der Waals surface area contributed by atoms with Gasteiger partial charge in [0.05, 0.1) is 19.6 Å². The molecule has 0 fully saturated rings. The van der Waals surface area contributed by atoms with Crippen molar-refractivity contribution < 1.29 is 19.1 Å². The molecule has 6 nitrogen and oxygen atoms in total. The van der Waals surface area contributed by atoms with Crippen LogP contribution in [-0.2, 0) is 16.0 Å². The molecule has 0 radical (unpaired) electrons. The first-order chi connectivity index (χ1) is 12.9. The van der Waals surface area contributed by atoms with Gasteiger partial charge in [0.15, 0.2) is 11.5 Å². The lowest BCUT2D eigenvalue weighted by Crippen LogP contribution is -2.22. The quantitative estimate of drug-likeness (QED) is 0.770. The second-order valence-corrected chi connectivity index (χ2v) is 6.00. The van der Waals surface area contributed by atoms with Crippen molar-refractivity contribution >= 4 is 23.2 Å². The van der Waals surface area contributed by atoms with Crippen LogP contribution in [0.25, 0.3) is 0 Å². The fraction of sp³-hybridized carbons (Fsp3) is 0.333. The standard InChI is InChI=1S/C21H26N2O4/c1-5-26-19-12-7-16(13-20(19)27-6-2)14-21(25)22-17-8-10-18(11-9-17)23(4)15(3)24/h7-13H,5-6,14H2,1-4H3,(H,22,25). The van der Waals surface area contributed by atoms with Gasteiger partial charge in [-0.1, -0.05) is 6.07 Å². The molecule has 0 unspecified atom stereocenters. The van der Waals surface area contributed by atoms with E-state index in [1.807, 2.05) is 32.0 Å². The van der Waals surface area contributed by atoms with Crippen molar-refractivity contribution in [2.45, 2.75) is 27.2 Å². The van der Waals surface area contributed by atoms with Gasteiger partial charge in [0.1, 0.15) is 0 Å². The predicted molar refractivity (Wildman–Crippen MR) is 107 cm³/mol. The zero-order chi connectivity index (χ0) is 19.8. The number of ether oxygens (including phenoxy) is 2. The van der Waals surface area contributed by atoms with Crippen LogP contribution in [0.3, 0.4) is 0 Å². The molecular weight excluding hydrogens is 344 g/mol. The third kappa shape index (κ3) is 5.74. The van der Waals surface area contributed by atoms with E-state index in [4.69, 9.17) is 9.47 Å². The van der Waals surface area contributed by atoms with E-state index < -0.39 is 0 Å². The maximum absolute atomic E-state index is 12.3. The number of nitrogens with one attached hydrogen (secondary N) is 1. The Morgan fingerprint density at radius 1 is 0.963 bits per heavy atom. The third-order valence-electron chi connectivity index (χ3n) is 3.98. The summed E-state index contributed by atoms with van der Waals surface area (Å²) in [5.41, 5.74) is 2.29. The lowest BCUT2D eigenvalue weighted by Gasteiger charge is -2.15. The summed E-state index contributed by atoms with van der Waals surface area (Å²) in [7, 11) is 1.71. The highest BCUT2D eigenvalue weighted by Crippen LogP contribution is 2.29. The number of amides is 2. The Bertz CT molecular complexity index is 787. The molecule has 2 aromatic rings. The number of benzene rings is 2. The van der Waals surface area contributed by atoms with Crippen LogP contribution in [0.2, 0.25) is 0 Å². The lowest BCUT2D eigenvalue weighted by molar-refractivity contribution is -0.116. The second-order valence-electron chi connectivity index (χ2n) is 6.00. The Labute approximate surface area is 160 Å². The number of rotatable bonds is 8. The van der Waals surface area contributed by atoms with E-state index in [9.17, 15) is 9.59 Å². The van der Waals surface area contributed by atoms with Gasteiger partial charge in [0.2, 0.25) is 11.8 Å². The van der Waals surface area contributed by atoms with E-state index in [1.54, 1.807) is 36.2 Å². The fourth-order valence-electron chi connectivity index (χ4n) is 2.55. The molecule has 0 saturated carbocycles. The van der Waals surface area contributed by atoms with E-state index >= 15 is 0 Å². The normalized spacial score (nSPS) is 10.2. The molecule has 144 valence electrons. The summed E-state index contributed by atoms with van der Waals surface area (Å²) in [6, 6.07) is 12.6. The van der Waals surface area contributed by atoms with E-state index in [0.29, 0.717) is 30.4 Å². The largest absolute Gasteiger partial charge is 0.490 e. The summed E-state index contributed by atoms with van der Waals surface area (Å²) in [6.45, 7) is 6.40. The second kappa shape index (κ2) is 9.62. The average Bonchev–Trinajstić information content (AvgIpc) is 2.64. The molecule has 0 saturated heterocycles. The summed E-state index contributed by atoms with van der Waals surface area (Å²) in [5.74, 6) is 1.14. The SMILES string of the molecule is CCOc1ccc(CC(=O)Nc2ccc(N(C)C(C)=O)cc2)cc1OCC. The van der Waals surface area contributed by atoms with Crippen LogP contribution in [0.1, 0.15) is 26.3 Å². The van der Waals surface area contributed by atoms with Crippen LogP contribution in [0, 0.1) is 0 Å². The smallest absolute Gasteiger partial charge is 0.228 e. The van der Waals surface area contributed by atoms with Gasteiger partial charge in [-0.05, 0) is 55.8 Å². The van der Waals surface area contributed by atoms with Crippen molar-refractivity contribution in [1.82, 2.24) is 0 Å². The van der Waals surface area contributed by atoms with Gasteiger partial charge in [0.25, 0.3) is 0 Å². The van der Waals surface area contributed by atoms with Crippen LogP contribution >= 0.6 is 0 Å². The van der Waals surface area contributed by atoms with Crippen molar-refractivity contribution in [1.29, 1.82) is 0 Å². The van der Waals surface area contributed by atoms with Crippen LogP contribution in [-0.4, -0.2) is 32.1 Å². The first-order valence-electron chi connectivity index (χ1n) is 8.97. The van der Waals surface area contributed by atoms with Crippen LogP contribution in [0.4, 0.5) is 11.4 Å². The number of nitrogens with zero attached hydrogens (tertiary/aromatic N) is 1. The molecule has 27 heavy (non-hydrogen) atoms. The first-order valence-corrected chi connectivity index (χ1v) is 8.97. The van der Waals surface area contributed by atoms with E-state index in [-0.39, 0.29) is 18.2 Å². The van der Waals surface area contributed by atoms with Gasteiger partial charge in [-0.2, -0.15) is 0 Å². The van der Waals surface area contributed by atoms with Gasteiger partial charge in [-0.15, -0.1) is 0 Å². The van der Waals surface area contributed by atoms with E-state index in [0.717, 1.165) is 11.3 Å². The van der Waals surface area contributed by atoms with E-state index in [1.165, 1.54) is 6.92 Å². The highest BCUT2D eigenvalue weighted by atomic mass is 16.5. The molecule has 0 aliphatic heterocycles. The number of hydrogen-bond donors (Lipinski definition) is 1. The molecule has 0 spiro atoms.